The number of carbonyl (C=O) groups excluding carboxylic acids is 2. The van der Waals surface area contributed by atoms with Crippen LogP contribution in [0.1, 0.15) is 51.9 Å². The summed E-state index contributed by atoms with van der Waals surface area (Å²) in [7, 11) is 10.8. The second-order valence-electron chi connectivity index (χ2n) is 5.19. The first kappa shape index (κ1) is 31.7. The van der Waals surface area contributed by atoms with Gasteiger partial charge in [-0.25, -0.2) is 5.01 Å². The fourth-order valence-corrected chi connectivity index (χ4v) is 1.36. The van der Waals surface area contributed by atoms with E-state index in [0.717, 1.165) is 32.3 Å². The van der Waals surface area contributed by atoms with Crippen LogP contribution in [0, 0.1) is 0 Å². The molecule has 0 aromatic heterocycles. The Labute approximate surface area is 155 Å². The van der Waals surface area contributed by atoms with Gasteiger partial charge in [0.25, 0.3) is 6.47 Å². The van der Waals surface area contributed by atoms with Crippen LogP contribution in [-0.4, -0.2) is 73.3 Å². The maximum absolute atomic E-state index is 9.68. The van der Waals surface area contributed by atoms with Crippen molar-refractivity contribution >= 4 is 12.8 Å². The number of unbranched alkanes of at least 4 members (excludes halogenated alkanes) is 5. The van der Waals surface area contributed by atoms with Gasteiger partial charge < -0.3 is 19.6 Å². The van der Waals surface area contributed by atoms with Gasteiger partial charge in [-0.1, -0.05) is 19.8 Å². The Kier molecular flexibility index (Phi) is 48.9. The molecule has 0 saturated carbocycles. The molecule has 0 heterocycles. The molecule has 25 heavy (non-hydrogen) atoms. The zero-order valence-corrected chi connectivity index (χ0v) is 17.6. The van der Waals surface area contributed by atoms with Gasteiger partial charge in [0.05, 0.1) is 7.11 Å². The van der Waals surface area contributed by atoms with Crippen molar-refractivity contribution in [1.29, 1.82) is 0 Å². The van der Waals surface area contributed by atoms with Crippen LogP contribution in [-0.2, 0) is 19.1 Å². The van der Waals surface area contributed by atoms with Crippen molar-refractivity contribution in [2.75, 3.05) is 55.6 Å². The van der Waals surface area contributed by atoms with Gasteiger partial charge in [0, 0.05) is 33.7 Å². The summed E-state index contributed by atoms with van der Waals surface area (Å²) < 4.78 is 8.81. The Bertz CT molecular complexity index is 220. The molecule has 0 aliphatic heterocycles. The normalized spacial score (nSPS) is 8.80. The van der Waals surface area contributed by atoms with Crippen molar-refractivity contribution in [3.63, 3.8) is 0 Å². The van der Waals surface area contributed by atoms with E-state index in [1.165, 1.54) is 39.2 Å². The molecule has 2 N–H and O–H groups in total. The molecule has 0 aliphatic carbocycles. The van der Waals surface area contributed by atoms with Gasteiger partial charge in [-0.2, -0.15) is 0 Å². The highest BCUT2D eigenvalue weighted by Crippen LogP contribution is 1.95. The maximum atomic E-state index is 9.68. The number of hydrazine groups is 1. The minimum absolute atomic E-state index is 0.375. The van der Waals surface area contributed by atoms with E-state index in [4.69, 9.17) is 9.53 Å². The van der Waals surface area contributed by atoms with E-state index in [2.05, 4.69) is 34.5 Å². The summed E-state index contributed by atoms with van der Waals surface area (Å²) in [4.78, 5) is 18.6. The largest absolute Gasteiger partial charge is 0.471 e. The number of rotatable bonds is 12. The van der Waals surface area contributed by atoms with Crippen LogP contribution in [0.15, 0.2) is 0 Å². The number of carbonyl (C=O) groups is 2. The molecule has 0 amide bonds. The second kappa shape index (κ2) is 38.5. The number of ether oxygens (including phenoxy) is 2. The highest BCUT2D eigenvalue weighted by molar-refractivity contribution is 5.48. The molecule has 0 radical (unpaired) electrons. The van der Waals surface area contributed by atoms with Crippen LogP contribution in [0.2, 0.25) is 0 Å². The minimum Gasteiger partial charge on any atom is -0.471 e. The second-order valence-corrected chi connectivity index (χ2v) is 5.19. The van der Waals surface area contributed by atoms with Crippen LogP contribution in [0.3, 0.4) is 0 Å². The summed E-state index contributed by atoms with van der Waals surface area (Å²) in [5.74, 6) is 0. The Balaban J connectivity index is -0.000000135. The summed E-state index contributed by atoms with van der Waals surface area (Å²) in [5.41, 5.74) is 3.06. The van der Waals surface area contributed by atoms with Gasteiger partial charge >= 0.3 is 0 Å². The summed E-state index contributed by atoms with van der Waals surface area (Å²) in [6.07, 6.45) is 8.85. The monoisotopic (exact) mass is 365 g/mol. The molecule has 0 rings (SSSR count). The predicted molar refractivity (Wildman–Crippen MR) is 106 cm³/mol. The molecule has 0 aromatic rings. The van der Waals surface area contributed by atoms with Gasteiger partial charge in [-0.3, -0.25) is 10.2 Å². The van der Waals surface area contributed by atoms with E-state index in [0.29, 0.717) is 6.47 Å². The number of hydrogen-bond donors (Lipinski definition) is 2. The summed E-state index contributed by atoms with van der Waals surface area (Å²) in [5, 5.41) is 4.84. The predicted octanol–water partition coefficient (Wildman–Crippen LogP) is 2.26. The zero-order chi connectivity index (χ0) is 20.2. The molecule has 7 nitrogen and oxygen atoms in total. The standard InChI is InChI=1S/C8H20N2O.C6H12O.C2H7N.C2H4O2/c1-9-10(2)7-5-4-6-8-11-3;1-2-3-4-5-6-7;1-3-2;1-4-2-3/h9H,4-8H2,1-3H3;6H,2-5H2,1H3;3H,1-2H3;2H,1H3. The molecule has 0 aromatic carbocycles. The quantitative estimate of drug-likeness (QED) is 0.312. The van der Waals surface area contributed by atoms with Crippen molar-refractivity contribution in [3.05, 3.63) is 0 Å². The molecule has 7 heteroatoms. The van der Waals surface area contributed by atoms with Crippen molar-refractivity contribution in [3.8, 4) is 0 Å². The van der Waals surface area contributed by atoms with Crippen LogP contribution >= 0.6 is 0 Å². The average molecular weight is 366 g/mol. The van der Waals surface area contributed by atoms with E-state index < -0.39 is 0 Å². The lowest BCUT2D eigenvalue weighted by molar-refractivity contribution is -0.126. The van der Waals surface area contributed by atoms with Crippen molar-refractivity contribution in [2.24, 2.45) is 0 Å². The molecular weight excluding hydrogens is 322 g/mol. The lowest BCUT2D eigenvalue weighted by Gasteiger charge is -2.13. The number of nitrogens with one attached hydrogen (secondary N) is 2. The third-order valence-corrected chi connectivity index (χ3v) is 2.75. The third kappa shape index (κ3) is 60.0. The van der Waals surface area contributed by atoms with Gasteiger partial charge in [0.1, 0.15) is 6.29 Å². The van der Waals surface area contributed by atoms with E-state index in [1.807, 2.05) is 21.1 Å². The number of hydrogen-bond acceptors (Lipinski definition) is 7. The molecule has 0 saturated heterocycles. The number of nitrogens with zero attached hydrogens (tertiary/aromatic N) is 1. The summed E-state index contributed by atoms with van der Waals surface area (Å²) in [6, 6.07) is 0. The Morgan fingerprint density at radius 3 is 1.88 bits per heavy atom. The van der Waals surface area contributed by atoms with E-state index in [9.17, 15) is 4.79 Å². The topological polar surface area (TPSA) is 79.9 Å². The van der Waals surface area contributed by atoms with Crippen molar-refractivity contribution in [1.82, 2.24) is 15.8 Å². The zero-order valence-electron chi connectivity index (χ0n) is 17.6. The lowest BCUT2D eigenvalue weighted by Crippen LogP contribution is -2.31. The Morgan fingerprint density at radius 1 is 0.960 bits per heavy atom. The van der Waals surface area contributed by atoms with Gasteiger partial charge in [-0.15, -0.1) is 0 Å². The molecule has 0 aliphatic rings. The first-order chi connectivity index (χ1) is 12.1. The number of methoxy groups -OCH3 is 2. The summed E-state index contributed by atoms with van der Waals surface area (Å²) >= 11 is 0. The third-order valence-electron chi connectivity index (χ3n) is 2.75. The van der Waals surface area contributed by atoms with Crippen LogP contribution < -0.4 is 10.7 Å². The smallest absolute Gasteiger partial charge is 0.292 e. The lowest BCUT2D eigenvalue weighted by atomic mass is 10.2. The fourth-order valence-electron chi connectivity index (χ4n) is 1.36. The van der Waals surface area contributed by atoms with Gasteiger partial charge in [0.15, 0.2) is 0 Å². The summed E-state index contributed by atoms with van der Waals surface area (Å²) in [6.45, 7) is 4.51. The van der Waals surface area contributed by atoms with Crippen molar-refractivity contribution in [2.45, 2.75) is 51.9 Å². The Hall–Kier alpha value is -1.02. The molecule has 0 spiro atoms. The van der Waals surface area contributed by atoms with Crippen molar-refractivity contribution < 1.29 is 19.1 Å². The highest BCUT2D eigenvalue weighted by atomic mass is 16.5. The molecule has 0 atom stereocenters. The molecule has 0 fully saturated rings. The molecular formula is C18H43N3O4. The number of aldehydes is 1. The Morgan fingerprint density at radius 2 is 1.52 bits per heavy atom. The first-order valence-electron chi connectivity index (χ1n) is 8.91. The van der Waals surface area contributed by atoms with Crippen LogP contribution in [0.4, 0.5) is 0 Å². The van der Waals surface area contributed by atoms with Gasteiger partial charge in [-0.05, 0) is 46.8 Å². The van der Waals surface area contributed by atoms with Crippen LogP contribution in [0.25, 0.3) is 0 Å². The van der Waals surface area contributed by atoms with E-state index >= 15 is 0 Å². The fraction of sp³-hybridized carbons (Fsp3) is 0.889. The van der Waals surface area contributed by atoms with Gasteiger partial charge in [0.2, 0.25) is 0 Å². The minimum atomic E-state index is 0.375. The van der Waals surface area contributed by atoms with E-state index in [1.54, 1.807) is 7.11 Å². The van der Waals surface area contributed by atoms with Crippen LogP contribution in [0.5, 0.6) is 0 Å². The molecule has 154 valence electrons. The molecule has 0 bridgehead atoms. The average Bonchev–Trinajstić information content (AvgIpc) is 2.63. The highest BCUT2D eigenvalue weighted by Gasteiger charge is 1.92. The van der Waals surface area contributed by atoms with E-state index in [-0.39, 0.29) is 0 Å². The molecule has 0 unspecified atom stereocenters. The SMILES string of the molecule is CCCCCC=O.CNC.CNN(C)CCCCCOC.COC=O. The first-order valence-corrected chi connectivity index (χ1v) is 8.91. The maximum Gasteiger partial charge on any atom is 0.292 e.